The summed E-state index contributed by atoms with van der Waals surface area (Å²) in [4.78, 5) is 11.2. The molecule has 106 valence electrons. The van der Waals surface area contributed by atoms with E-state index in [0.717, 1.165) is 11.3 Å². The molecule has 1 aromatic carbocycles. The third kappa shape index (κ3) is 5.75. The highest BCUT2D eigenvalue weighted by molar-refractivity contribution is 5.75. The van der Waals surface area contributed by atoms with Crippen molar-refractivity contribution in [1.29, 1.82) is 0 Å². The van der Waals surface area contributed by atoms with Gasteiger partial charge in [0.1, 0.15) is 11.8 Å². The summed E-state index contributed by atoms with van der Waals surface area (Å²) >= 11 is 0. The van der Waals surface area contributed by atoms with Gasteiger partial charge < -0.3 is 15.2 Å². The molecule has 19 heavy (non-hydrogen) atoms. The quantitative estimate of drug-likeness (QED) is 0.829. The Balaban J connectivity index is 2.54. The van der Waals surface area contributed by atoms with E-state index in [9.17, 15) is 4.79 Å². The van der Waals surface area contributed by atoms with Crippen molar-refractivity contribution in [3.63, 3.8) is 0 Å². The van der Waals surface area contributed by atoms with Gasteiger partial charge in [0.05, 0.1) is 13.7 Å². The van der Waals surface area contributed by atoms with Crippen molar-refractivity contribution in [2.75, 3.05) is 13.7 Å². The number of benzene rings is 1. The SMILES string of the molecule is COC(=O)[C@@H](N)Cc1ccc(OCC(C)(C)C)cc1. The zero-order chi connectivity index (χ0) is 14.5. The Morgan fingerprint density at radius 3 is 2.32 bits per heavy atom. The minimum Gasteiger partial charge on any atom is -0.493 e. The largest absolute Gasteiger partial charge is 0.493 e. The molecule has 0 aromatic heterocycles. The van der Waals surface area contributed by atoms with Gasteiger partial charge in [-0.3, -0.25) is 4.79 Å². The number of methoxy groups -OCH3 is 1. The lowest BCUT2D eigenvalue weighted by Gasteiger charge is -2.19. The minimum atomic E-state index is -0.619. The first-order valence-electron chi connectivity index (χ1n) is 6.37. The fraction of sp³-hybridized carbons (Fsp3) is 0.533. The van der Waals surface area contributed by atoms with Crippen molar-refractivity contribution in [2.24, 2.45) is 11.1 Å². The molecule has 0 radical (unpaired) electrons. The highest BCUT2D eigenvalue weighted by Gasteiger charge is 2.14. The third-order valence-corrected chi connectivity index (χ3v) is 2.55. The van der Waals surface area contributed by atoms with Gasteiger partial charge in [-0.1, -0.05) is 32.9 Å². The molecular weight excluding hydrogens is 242 g/mol. The summed E-state index contributed by atoms with van der Waals surface area (Å²) in [7, 11) is 1.34. The molecule has 0 aliphatic carbocycles. The summed E-state index contributed by atoms with van der Waals surface area (Å²) in [6.07, 6.45) is 0.465. The Morgan fingerprint density at radius 2 is 1.84 bits per heavy atom. The summed E-state index contributed by atoms with van der Waals surface area (Å²) in [6.45, 7) is 7.03. The molecule has 0 saturated heterocycles. The van der Waals surface area contributed by atoms with Crippen LogP contribution in [-0.4, -0.2) is 25.7 Å². The number of rotatable bonds is 5. The van der Waals surface area contributed by atoms with E-state index in [0.29, 0.717) is 13.0 Å². The van der Waals surface area contributed by atoms with Crippen molar-refractivity contribution in [2.45, 2.75) is 33.2 Å². The van der Waals surface area contributed by atoms with Gasteiger partial charge in [-0.15, -0.1) is 0 Å². The summed E-state index contributed by atoms with van der Waals surface area (Å²) < 4.78 is 10.3. The number of hydrogen-bond donors (Lipinski definition) is 1. The molecule has 1 rings (SSSR count). The van der Waals surface area contributed by atoms with Gasteiger partial charge in [-0.05, 0) is 29.5 Å². The van der Waals surface area contributed by atoms with Crippen LogP contribution in [0, 0.1) is 5.41 Å². The average Bonchev–Trinajstić information content (AvgIpc) is 2.36. The number of nitrogens with two attached hydrogens (primary N) is 1. The molecule has 0 spiro atoms. The molecule has 0 fully saturated rings. The number of hydrogen-bond acceptors (Lipinski definition) is 4. The highest BCUT2D eigenvalue weighted by Crippen LogP contribution is 2.18. The number of carbonyl (C=O) groups is 1. The highest BCUT2D eigenvalue weighted by atomic mass is 16.5. The maximum atomic E-state index is 11.2. The second-order valence-electron chi connectivity index (χ2n) is 5.83. The molecule has 4 heteroatoms. The van der Waals surface area contributed by atoms with Crippen molar-refractivity contribution in [1.82, 2.24) is 0 Å². The molecular formula is C15H23NO3. The monoisotopic (exact) mass is 265 g/mol. The van der Waals surface area contributed by atoms with Crippen LogP contribution >= 0.6 is 0 Å². The first-order chi connectivity index (χ1) is 8.81. The van der Waals surface area contributed by atoms with E-state index in [-0.39, 0.29) is 5.41 Å². The Kier molecular flexibility index (Phi) is 5.36. The summed E-state index contributed by atoms with van der Waals surface area (Å²) in [5.41, 5.74) is 6.83. The van der Waals surface area contributed by atoms with Crippen LogP contribution in [-0.2, 0) is 16.0 Å². The van der Waals surface area contributed by atoms with E-state index in [1.54, 1.807) is 0 Å². The van der Waals surface area contributed by atoms with E-state index in [4.69, 9.17) is 10.5 Å². The Hall–Kier alpha value is -1.55. The zero-order valence-corrected chi connectivity index (χ0v) is 12.1. The van der Waals surface area contributed by atoms with Crippen molar-refractivity contribution in [3.05, 3.63) is 29.8 Å². The molecule has 0 bridgehead atoms. The smallest absolute Gasteiger partial charge is 0.322 e. The maximum Gasteiger partial charge on any atom is 0.322 e. The fourth-order valence-electron chi connectivity index (χ4n) is 1.51. The van der Waals surface area contributed by atoms with Crippen LogP contribution in [0.2, 0.25) is 0 Å². The topological polar surface area (TPSA) is 61.5 Å². The van der Waals surface area contributed by atoms with Crippen LogP contribution in [0.1, 0.15) is 26.3 Å². The summed E-state index contributed by atoms with van der Waals surface area (Å²) in [6, 6.07) is 7.00. The van der Waals surface area contributed by atoms with Gasteiger partial charge in [0, 0.05) is 0 Å². The molecule has 0 aliphatic rings. The van der Waals surface area contributed by atoms with Gasteiger partial charge in [-0.25, -0.2) is 0 Å². The second-order valence-corrected chi connectivity index (χ2v) is 5.83. The van der Waals surface area contributed by atoms with Crippen LogP contribution in [0.4, 0.5) is 0 Å². The average molecular weight is 265 g/mol. The molecule has 0 aliphatic heterocycles. The predicted molar refractivity (Wildman–Crippen MR) is 75.1 cm³/mol. The lowest BCUT2D eigenvalue weighted by molar-refractivity contribution is -0.142. The predicted octanol–water partition coefficient (Wildman–Crippen LogP) is 2.15. The van der Waals surface area contributed by atoms with E-state index in [1.807, 2.05) is 24.3 Å². The van der Waals surface area contributed by atoms with Gasteiger partial charge in [-0.2, -0.15) is 0 Å². The second kappa shape index (κ2) is 6.57. The number of carbonyl (C=O) groups excluding carboxylic acids is 1. The standard InChI is InChI=1S/C15H23NO3/c1-15(2,3)10-19-12-7-5-11(6-8-12)9-13(16)14(17)18-4/h5-8,13H,9-10,16H2,1-4H3/t13-/m0/s1. The molecule has 1 aromatic rings. The minimum absolute atomic E-state index is 0.131. The van der Waals surface area contributed by atoms with Crippen LogP contribution in [0.15, 0.2) is 24.3 Å². The molecule has 0 amide bonds. The van der Waals surface area contributed by atoms with E-state index >= 15 is 0 Å². The molecule has 1 atom stereocenters. The third-order valence-electron chi connectivity index (χ3n) is 2.55. The van der Waals surface area contributed by atoms with Crippen molar-refractivity contribution >= 4 is 5.97 Å². The molecule has 0 unspecified atom stereocenters. The van der Waals surface area contributed by atoms with Crippen molar-refractivity contribution in [3.8, 4) is 5.75 Å². The molecule has 4 nitrogen and oxygen atoms in total. The lowest BCUT2D eigenvalue weighted by Crippen LogP contribution is -2.33. The molecule has 0 saturated carbocycles. The van der Waals surface area contributed by atoms with E-state index in [2.05, 4.69) is 25.5 Å². The Morgan fingerprint density at radius 1 is 1.26 bits per heavy atom. The van der Waals surface area contributed by atoms with Gasteiger partial charge in [0.25, 0.3) is 0 Å². The van der Waals surface area contributed by atoms with Crippen LogP contribution in [0.25, 0.3) is 0 Å². The Bertz CT molecular complexity index is 406. The maximum absolute atomic E-state index is 11.2. The fourth-order valence-corrected chi connectivity index (χ4v) is 1.51. The van der Waals surface area contributed by atoms with Gasteiger partial charge in [0.15, 0.2) is 0 Å². The van der Waals surface area contributed by atoms with E-state index in [1.165, 1.54) is 7.11 Å². The van der Waals surface area contributed by atoms with Gasteiger partial charge >= 0.3 is 5.97 Å². The van der Waals surface area contributed by atoms with Gasteiger partial charge in [0.2, 0.25) is 0 Å². The van der Waals surface area contributed by atoms with Crippen LogP contribution in [0.3, 0.4) is 0 Å². The van der Waals surface area contributed by atoms with Crippen LogP contribution < -0.4 is 10.5 Å². The first kappa shape index (κ1) is 15.5. The first-order valence-corrected chi connectivity index (χ1v) is 6.37. The lowest BCUT2D eigenvalue weighted by atomic mass is 9.99. The summed E-state index contributed by atoms with van der Waals surface area (Å²) in [5.74, 6) is 0.429. The molecule has 0 heterocycles. The number of esters is 1. The summed E-state index contributed by atoms with van der Waals surface area (Å²) in [5, 5.41) is 0. The van der Waals surface area contributed by atoms with Crippen LogP contribution in [0.5, 0.6) is 5.75 Å². The molecule has 2 N–H and O–H groups in total. The van der Waals surface area contributed by atoms with Crippen molar-refractivity contribution < 1.29 is 14.3 Å². The zero-order valence-electron chi connectivity index (χ0n) is 12.1. The van der Waals surface area contributed by atoms with E-state index < -0.39 is 12.0 Å². The normalized spacial score (nSPS) is 12.9. The number of ether oxygens (including phenoxy) is 2. The Labute approximate surface area is 114 Å².